The van der Waals surface area contributed by atoms with Crippen LogP contribution in [0.1, 0.15) is 12.6 Å². The maximum absolute atomic E-state index is 5.29. The van der Waals surface area contributed by atoms with E-state index in [4.69, 9.17) is 17.0 Å². The standard InChI is InChI=1S/C12H13BrN2OS/c1-3-8-7-14-12(17)15(8)9-4-5-11(16-2)10(13)6-9/h4-7H,3H2,1-2H3,(H,14,17). The molecule has 0 bridgehead atoms. The maximum atomic E-state index is 5.29. The van der Waals surface area contributed by atoms with Gasteiger partial charge >= 0.3 is 0 Å². The van der Waals surface area contributed by atoms with E-state index in [1.165, 1.54) is 0 Å². The van der Waals surface area contributed by atoms with E-state index < -0.39 is 0 Å². The molecule has 17 heavy (non-hydrogen) atoms. The summed E-state index contributed by atoms with van der Waals surface area (Å²) in [6.45, 7) is 2.10. The van der Waals surface area contributed by atoms with Gasteiger partial charge in [-0.25, -0.2) is 0 Å². The third-order valence-electron chi connectivity index (χ3n) is 2.61. The van der Waals surface area contributed by atoms with Crippen LogP contribution < -0.4 is 4.74 Å². The summed E-state index contributed by atoms with van der Waals surface area (Å²) in [5, 5.41) is 0. The fourth-order valence-corrected chi connectivity index (χ4v) is 2.55. The lowest BCUT2D eigenvalue weighted by Gasteiger charge is -2.09. The number of nitrogens with one attached hydrogen (secondary N) is 1. The molecule has 0 fully saturated rings. The van der Waals surface area contributed by atoms with Gasteiger partial charge in [0.05, 0.1) is 11.6 Å². The number of halogens is 1. The largest absolute Gasteiger partial charge is 0.496 e. The lowest BCUT2D eigenvalue weighted by Crippen LogP contribution is -1.99. The first-order valence-corrected chi connectivity index (χ1v) is 6.50. The van der Waals surface area contributed by atoms with Crippen LogP contribution in [0.4, 0.5) is 0 Å². The van der Waals surface area contributed by atoms with Crippen molar-refractivity contribution in [2.45, 2.75) is 13.3 Å². The number of ether oxygens (including phenoxy) is 1. The molecule has 0 aliphatic carbocycles. The molecular formula is C12H13BrN2OS. The van der Waals surface area contributed by atoms with Gasteiger partial charge in [0.1, 0.15) is 5.75 Å². The van der Waals surface area contributed by atoms with Crippen LogP contribution in [-0.4, -0.2) is 16.7 Å². The van der Waals surface area contributed by atoms with Crippen molar-refractivity contribution in [2.75, 3.05) is 7.11 Å². The fraction of sp³-hybridized carbons (Fsp3) is 0.250. The topological polar surface area (TPSA) is 29.9 Å². The minimum atomic E-state index is 0.707. The number of benzene rings is 1. The van der Waals surface area contributed by atoms with Crippen LogP contribution in [0.15, 0.2) is 28.9 Å². The molecule has 3 nitrogen and oxygen atoms in total. The van der Waals surface area contributed by atoms with Crippen LogP contribution in [0.25, 0.3) is 5.69 Å². The minimum Gasteiger partial charge on any atom is -0.496 e. The lowest BCUT2D eigenvalue weighted by molar-refractivity contribution is 0.412. The second-order valence-corrected chi connectivity index (χ2v) is 4.83. The molecule has 2 rings (SSSR count). The number of hydrogen-bond acceptors (Lipinski definition) is 2. The van der Waals surface area contributed by atoms with Crippen molar-refractivity contribution >= 4 is 28.1 Å². The Kier molecular flexibility index (Phi) is 3.69. The Labute approximate surface area is 114 Å². The molecule has 0 spiro atoms. The summed E-state index contributed by atoms with van der Waals surface area (Å²) in [6.07, 6.45) is 2.87. The summed E-state index contributed by atoms with van der Waals surface area (Å²) in [6, 6.07) is 5.92. The SMILES string of the molecule is CCc1c[nH]c(=S)n1-c1ccc(OC)c(Br)c1. The van der Waals surface area contributed by atoms with E-state index >= 15 is 0 Å². The summed E-state index contributed by atoms with van der Waals surface area (Å²) in [7, 11) is 1.65. The highest BCUT2D eigenvalue weighted by molar-refractivity contribution is 9.10. The third kappa shape index (κ3) is 2.30. The Morgan fingerprint density at radius 2 is 2.24 bits per heavy atom. The molecular weight excluding hydrogens is 300 g/mol. The Morgan fingerprint density at radius 1 is 1.47 bits per heavy atom. The van der Waals surface area contributed by atoms with Crippen molar-refractivity contribution in [3.63, 3.8) is 0 Å². The molecule has 0 saturated heterocycles. The van der Waals surface area contributed by atoms with Crippen LogP contribution in [0, 0.1) is 4.77 Å². The number of imidazole rings is 1. The van der Waals surface area contributed by atoms with Gasteiger partial charge in [0.15, 0.2) is 4.77 Å². The fourth-order valence-electron chi connectivity index (χ4n) is 1.74. The summed E-state index contributed by atoms with van der Waals surface area (Å²) in [4.78, 5) is 3.07. The molecule has 1 heterocycles. The van der Waals surface area contributed by atoms with E-state index in [2.05, 4.69) is 27.8 Å². The number of methoxy groups -OCH3 is 1. The van der Waals surface area contributed by atoms with Crippen LogP contribution in [0.5, 0.6) is 5.75 Å². The summed E-state index contributed by atoms with van der Waals surface area (Å²) in [5.74, 6) is 0.814. The predicted octanol–water partition coefficient (Wildman–Crippen LogP) is 3.87. The van der Waals surface area contributed by atoms with E-state index in [1.807, 2.05) is 29.0 Å². The molecule has 0 saturated carbocycles. The van der Waals surface area contributed by atoms with Gasteiger partial charge < -0.3 is 9.72 Å². The number of aromatic amines is 1. The molecule has 0 radical (unpaired) electrons. The Bertz CT molecular complexity index is 588. The van der Waals surface area contributed by atoms with Gasteiger partial charge in [0.25, 0.3) is 0 Å². The van der Waals surface area contributed by atoms with E-state index in [1.54, 1.807) is 7.11 Å². The highest BCUT2D eigenvalue weighted by Gasteiger charge is 2.07. The van der Waals surface area contributed by atoms with Gasteiger partial charge in [0.2, 0.25) is 0 Å². The highest BCUT2D eigenvalue weighted by Crippen LogP contribution is 2.27. The number of hydrogen-bond donors (Lipinski definition) is 1. The van der Waals surface area contributed by atoms with Gasteiger partial charge in [-0.3, -0.25) is 4.57 Å². The van der Waals surface area contributed by atoms with Crippen LogP contribution in [0.2, 0.25) is 0 Å². The van der Waals surface area contributed by atoms with Gasteiger partial charge in [-0.1, -0.05) is 6.92 Å². The summed E-state index contributed by atoms with van der Waals surface area (Å²) >= 11 is 8.77. The molecule has 0 atom stereocenters. The van der Waals surface area contributed by atoms with E-state index in [0.29, 0.717) is 4.77 Å². The van der Waals surface area contributed by atoms with E-state index in [0.717, 1.165) is 28.0 Å². The molecule has 5 heteroatoms. The van der Waals surface area contributed by atoms with Gasteiger partial charge in [-0.05, 0) is 52.8 Å². The van der Waals surface area contributed by atoms with Gasteiger partial charge in [-0.15, -0.1) is 0 Å². The van der Waals surface area contributed by atoms with Crippen molar-refractivity contribution in [3.05, 3.63) is 39.3 Å². The molecule has 90 valence electrons. The zero-order valence-corrected chi connectivity index (χ0v) is 12.1. The second kappa shape index (κ2) is 5.06. The molecule has 0 unspecified atom stereocenters. The number of aromatic nitrogens is 2. The Morgan fingerprint density at radius 3 is 2.82 bits per heavy atom. The number of aryl methyl sites for hydroxylation is 1. The van der Waals surface area contributed by atoms with Gasteiger partial charge in [0, 0.05) is 17.6 Å². The molecule has 0 aliphatic heterocycles. The predicted molar refractivity (Wildman–Crippen MR) is 74.6 cm³/mol. The highest BCUT2D eigenvalue weighted by atomic mass is 79.9. The monoisotopic (exact) mass is 312 g/mol. The normalized spacial score (nSPS) is 10.5. The molecule has 2 aromatic rings. The van der Waals surface area contributed by atoms with Crippen molar-refractivity contribution in [2.24, 2.45) is 0 Å². The molecule has 1 N–H and O–H groups in total. The zero-order valence-electron chi connectivity index (χ0n) is 9.66. The molecule has 0 aliphatic rings. The number of H-pyrrole nitrogens is 1. The van der Waals surface area contributed by atoms with Crippen LogP contribution >= 0.6 is 28.1 Å². The smallest absolute Gasteiger partial charge is 0.182 e. The van der Waals surface area contributed by atoms with Crippen LogP contribution in [-0.2, 0) is 6.42 Å². The van der Waals surface area contributed by atoms with Crippen molar-refractivity contribution in [3.8, 4) is 11.4 Å². The molecule has 0 amide bonds. The maximum Gasteiger partial charge on any atom is 0.182 e. The van der Waals surface area contributed by atoms with Crippen LogP contribution in [0.3, 0.4) is 0 Å². The van der Waals surface area contributed by atoms with Crippen molar-refractivity contribution < 1.29 is 4.74 Å². The average molecular weight is 313 g/mol. The number of nitrogens with zero attached hydrogens (tertiary/aromatic N) is 1. The van der Waals surface area contributed by atoms with Crippen molar-refractivity contribution in [1.82, 2.24) is 9.55 Å². The quantitative estimate of drug-likeness (QED) is 0.872. The van der Waals surface area contributed by atoms with E-state index in [9.17, 15) is 0 Å². The molecule has 1 aromatic carbocycles. The summed E-state index contributed by atoms with van der Waals surface area (Å²) < 4.78 is 8.87. The minimum absolute atomic E-state index is 0.707. The average Bonchev–Trinajstić information content (AvgIpc) is 2.70. The second-order valence-electron chi connectivity index (χ2n) is 3.59. The van der Waals surface area contributed by atoms with Gasteiger partial charge in [-0.2, -0.15) is 0 Å². The summed E-state index contributed by atoms with van der Waals surface area (Å²) in [5.41, 5.74) is 2.19. The Balaban J connectivity index is 2.57. The van der Waals surface area contributed by atoms with Crippen molar-refractivity contribution in [1.29, 1.82) is 0 Å². The first kappa shape index (κ1) is 12.4. The first-order valence-electron chi connectivity index (χ1n) is 5.30. The molecule has 1 aromatic heterocycles. The zero-order chi connectivity index (χ0) is 12.4. The lowest BCUT2D eigenvalue weighted by atomic mass is 10.2. The Hall–Kier alpha value is -1.07. The van der Waals surface area contributed by atoms with E-state index in [-0.39, 0.29) is 0 Å². The third-order valence-corrected chi connectivity index (χ3v) is 3.53. The first-order chi connectivity index (χ1) is 8.17. The number of rotatable bonds is 3.